The van der Waals surface area contributed by atoms with Gasteiger partial charge in [0.1, 0.15) is 18.1 Å². The lowest BCUT2D eigenvalue weighted by atomic mass is 9.95. The largest absolute Gasteiger partial charge is 0.497 e. The molecular weight excluding hydrogens is 332 g/mol. The number of piperidine rings is 1. The minimum Gasteiger partial charge on any atom is -0.497 e. The van der Waals surface area contributed by atoms with E-state index < -0.39 is 0 Å². The molecule has 1 heterocycles. The van der Waals surface area contributed by atoms with E-state index in [0.29, 0.717) is 32.7 Å². The number of hydrogen-bond acceptors (Lipinski definition) is 4. The van der Waals surface area contributed by atoms with Gasteiger partial charge in [-0.2, -0.15) is 0 Å². The van der Waals surface area contributed by atoms with E-state index in [-0.39, 0.29) is 17.7 Å². The number of nitrogens with zero attached hydrogens (tertiary/aromatic N) is 1. The normalized spacial score (nSPS) is 14.8. The van der Waals surface area contributed by atoms with Crippen LogP contribution in [0.25, 0.3) is 0 Å². The van der Waals surface area contributed by atoms with Crippen molar-refractivity contribution in [3.05, 3.63) is 24.3 Å². The number of amides is 2. The predicted octanol–water partition coefficient (Wildman–Crippen LogP) is 2.62. The molecule has 2 rings (SSSR count). The molecule has 0 bridgehead atoms. The Hall–Kier alpha value is -2.24. The number of carbonyl (C=O) groups excluding carboxylic acids is 2. The Morgan fingerprint density at radius 3 is 2.42 bits per heavy atom. The molecule has 1 aliphatic rings. The van der Waals surface area contributed by atoms with Crippen molar-refractivity contribution in [2.75, 3.05) is 33.4 Å². The Balaban J connectivity index is 1.62. The summed E-state index contributed by atoms with van der Waals surface area (Å²) in [5.74, 6) is 1.80. The number of benzene rings is 1. The van der Waals surface area contributed by atoms with Crippen LogP contribution < -0.4 is 14.8 Å². The van der Waals surface area contributed by atoms with Gasteiger partial charge in [0.05, 0.1) is 13.7 Å². The molecule has 2 amide bonds. The van der Waals surface area contributed by atoms with Gasteiger partial charge >= 0.3 is 0 Å². The van der Waals surface area contributed by atoms with Gasteiger partial charge in [-0.1, -0.05) is 13.3 Å². The predicted molar refractivity (Wildman–Crippen MR) is 100 cm³/mol. The molecule has 26 heavy (non-hydrogen) atoms. The molecule has 6 heteroatoms. The lowest BCUT2D eigenvalue weighted by Crippen LogP contribution is -2.43. The van der Waals surface area contributed by atoms with E-state index in [4.69, 9.17) is 9.47 Å². The van der Waals surface area contributed by atoms with Crippen LogP contribution in [0.3, 0.4) is 0 Å². The zero-order valence-corrected chi connectivity index (χ0v) is 15.8. The second-order valence-corrected chi connectivity index (χ2v) is 6.57. The number of likely N-dealkylation sites (tertiary alicyclic amines) is 1. The zero-order chi connectivity index (χ0) is 18.8. The van der Waals surface area contributed by atoms with E-state index in [1.54, 1.807) is 7.11 Å². The standard InChI is InChI=1S/C20H30N2O4/c1-3-4-5-19(23)22-13-10-16(11-14-22)20(24)21-12-15-26-18-8-6-17(25-2)7-9-18/h6-9,16H,3-5,10-15H2,1-2H3,(H,21,24). The molecule has 1 aromatic carbocycles. The molecule has 0 radical (unpaired) electrons. The van der Waals surface area contributed by atoms with Crippen LogP contribution in [0.5, 0.6) is 11.5 Å². The SMILES string of the molecule is CCCCC(=O)N1CCC(C(=O)NCCOc2ccc(OC)cc2)CC1. The average molecular weight is 362 g/mol. The third kappa shape index (κ3) is 6.24. The first-order valence-corrected chi connectivity index (χ1v) is 9.46. The maximum absolute atomic E-state index is 12.3. The van der Waals surface area contributed by atoms with Crippen LogP contribution in [-0.2, 0) is 9.59 Å². The number of carbonyl (C=O) groups is 2. The van der Waals surface area contributed by atoms with Crippen molar-refractivity contribution in [1.82, 2.24) is 10.2 Å². The summed E-state index contributed by atoms with van der Waals surface area (Å²) in [7, 11) is 1.62. The Morgan fingerprint density at radius 1 is 1.15 bits per heavy atom. The summed E-state index contributed by atoms with van der Waals surface area (Å²) in [6, 6.07) is 7.35. The summed E-state index contributed by atoms with van der Waals surface area (Å²) in [6.07, 6.45) is 4.07. The number of ether oxygens (including phenoxy) is 2. The number of unbranched alkanes of at least 4 members (excludes halogenated alkanes) is 1. The van der Waals surface area contributed by atoms with Gasteiger partial charge in [0.2, 0.25) is 11.8 Å². The number of methoxy groups -OCH3 is 1. The second kappa shape index (κ2) is 10.7. The Morgan fingerprint density at radius 2 is 1.81 bits per heavy atom. The molecule has 6 nitrogen and oxygen atoms in total. The third-order valence-corrected chi connectivity index (χ3v) is 4.69. The van der Waals surface area contributed by atoms with Crippen molar-refractivity contribution >= 4 is 11.8 Å². The first-order chi connectivity index (χ1) is 12.6. The lowest BCUT2D eigenvalue weighted by molar-refractivity contribution is -0.135. The first kappa shape index (κ1) is 20.1. The van der Waals surface area contributed by atoms with E-state index in [2.05, 4.69) is 12.2 Å². The first-order valence-electron chi connectivity index (χ1n) is 9.46. The molecule has 1 N–H and O–H groups in total. The van der Waals surface area contributed by atoms with Crippen LogP contribution in [-0.4, -0.2) is 50.1 Å². The van der Waals surface area contributed by atoms with Gasteiger partial charge in [-0.15, -0.1) is 0 Å². The molecule has 1 aromatic rings. The van der Waals surface area contributed by atoms with Crippen LogP contribution >= 0.6 is 0 Å². The molecule has 1 saturated heterocycles. The minimum atomic E-state index is -0.00814. The van der Waals surface area contributed by atoms with Crippen molar-refractivity contribution in [1.29, 1.82) is 0 Å². The monoisotopic (exact) mass is 362 g/mol. The van der Waals surface area contributed by atoms with Crippen LogP contribution in [0.2, 0.25) is 0 Å². The van der Waals surface area contributed by atoms with Crippen molar-refractivity contribution < 1.29 is 19.1 Å². The van der Waals surface area contributed by atoms with Crippen molar-refractivity contribution in [3.8, 4) is 11.5 Å². The van der Waals surface area contributed by atoms with Gasteiger partial charge in [-0.25, -0.2) is 0 Å². The molecule has 1 aliphatic heterocycles. The zero-order valence-electron chi connectivity index (χ0n) is 15.8. The Labute approximate surface area is 155 Å². The van der Waals surface area contributed by atoms with E-state index in [9.17, 15) is 9.59 Å². The van der Waals surface area contributed by atoms with E-state index in [0.717, 1.165) is 37.2 Å². The molecule has 0 atom stereocenters. The fraction of sp³-hybridized carbons (Fsp3) is 0.600. The van der Waals surface area contributed by atoms with Gasteiger partial charge < -0.3 is 19.7 Å². The summed E-state index contributed by atoms with van der Waals surface area (Å²) >= 11 is 0. The molecule has 144 valence electrons. The highest BCUT2D eigenvalue weighted by Gasteiger charge is 2.26. The van der Waals surface area contributed by atoms with E-state index in [1.165, 1.54) is 0 Å². The maximum Gasteiger partial charge on any atom is 0.223 e. The summed E-state index contributed by atoms with van der Waals surface area (Å²) in [5, 5.41) is 2.93. The van der Waals surface area contributed by atoms with E-state index >= 15 is 0 Å². The van der Waals surface area contributed by atoms with E-state index in [1.807, 2.05) is 29.2 Å². The van der Waals surface area contributed by atoms with Crippen LogP contribution in [0.1, 0.15) is 39.0 Å². The summed E-state index contributed by atoms with van der Waals surface area (Å²) in [5.41, 5.74) is 0. The smallest absolute Gasteiger partial charge is 0.223 e. The van der Waals surface area contributed by atoms with Crippen LogP contribution in [0, 0.1) is 5.92 Å². The quantitative estimate of drug-likeness (QED) is 0.686. The topological polar surface area (TPSA) is 67.9 Å². The molecule has 0 saturated carbocycles. The number of nitrogens with one attached hydrogen (secondary N) is 1. The highest BCUT2D eigenvalue weighted by Crippen LogP contribution is 2.19. The highest BCUT2D eigenvalue weighted by molar-refractivity contribution is 5.80. The summed E-state index contributed by atoms with van der Waals surface area (Å²) < 4.78 is 10.7. The molecule has 0 spiro atoms. The van der Waals surface area contributed by atoms with Gasteiger partial charge in [-0.05, 0) is 43.5 Å². The van der Waals surface area contributed by atoms with Gasteiger partial charge in [0, 0.05) is 25.4 Å². The van der Waals surface area contributed by atoms with Crippen molar-refractivity contribution in [2.24, 2.45) is 5.92 Å². The number of hydrogen-bond donors (Lipinski definition) is 1. The summed E-state index contributed by atoms with van der Waals surface area (Å²) in [4.78, 5) is 26.2. The fourth-order valence-electron chi connectivity index (χ4n) is 3.04. The molecule has 0 unspecified atom stereocenters. The maximum atomic E-state index is 12.3. The van der Waals surface area contributed by atoms with Crippen LogP contribution in [0.4, 0.5) is 0 Å². The summed E-state index contributed by atoms with van der Waals surface area (Å²) in [6.45, 7) is 4.35. The van der Waals surface area contributed by atoms with Gasteiger partial charge in [0.15, 0.2) is 0 Å². The fourth-order valence-corrected chi connectivity index (χ4v) is 3.04. The Kier molecular flexibility index (Phi) is 8.25. The van der Waals surface area contributed by atoms with Crippen molar-refractivity contribution in [3.63, 3.8) is 0 Å². The Bertz CT molecular complexity index is 566. The molecule has 1 fully saturated rings. The molecule has 0 aromatic heterocycles. The second-order valence-electron chi connectivity index (χ2n) is 6.57. The third-order valence-electron chi connectivity index (χ3n) is 4.69. The molecular formula is C20H30N2O4. The molecule has 0 aliphatic carbocycles. The van der Waals surface area contributed by atoms with Gasteiger partial charge in [0.25, 0.3) is 0 Å². The number of rotatable bonds is 9. The highest BCUT2D eigenvalue weighted by atomic mass is 16.5. The minimum absolute atomic E-state index is 0.00814. The average Bonchev–Trinajstić information content (AvgIpc) is 2.69. The van der Waals surface area contributed by atoms with Gasteiger partial charge in [-0.3, -0.25) is 9.59 Å². The van der Waals surface area contributed by atoms with Crippen LogP contribution in [0.15, 0.2) is 24.3 Å². The lowest BCUT2D eigenvalue weighted by Gasteiger charge is -2.31. The van der Waals surface area contributed by atoms with Crippen molar-refractivity contribution in [2.45, 2.75) is 39.0 Å².